The lowest BCUT2D eigenvalue weighted by Gasteiger charge is -2.28. The zero-order valence-corrected chi connectivity index (χ0v) is 36.5. The van der Waals surface area contributed by atoms with Crippen molar-refractivity contribution in [1.82, 2.24) is 9.97 Å². The average Bonchev–Trinajstić information content (AvgIpc) is 3.39. The first-order valence-corrected chi connectivity index (χ1v) is 22.7. The Kier molecular flexibility index (Phi) is 9.18. The summed E-state index contributed by atoms with van der Waals surface area (Å²) in [6, 6.07) is 76.1. The molecule has 0 saturated heterocycles. The van der Waals surface area contributed by atoms with E-state index >= 15 is 0 Å². The zero-order chi connectivity index (χ0) is 45.3. The fourth-order valence-electron chi connectivity index (χ4n) is 10.3. The Balaban J connectivity index is 1.09. The second kappa shape index (κ2) is 15.9. The van der Waals surface area contributed by atoms with E-state index in [4.69, 9.17) is 9.97 Å². The van der Waals surface area contributed by atoms with Gasteiger partial charge < -0.3 is 9.80 Å². The summed E-state index contributed by atoms with van der Waals surface area (Å²) in [6.45, 7) is 0. The van der Waals surface area contributed by atoms with Gasteiger partial charge in [0.1, 0.15) is 11.6 Å². The molecule has 13 rings (SSSR count). The molecular formula is C62H38F2N4. The van der Waals surface area contributed by atoms with E-state index in [2.05, 4.69) is 204 Å². The summed E-state index contributed by atoms with van der Waals surface area (Å²) < 4.78 is 29.7. The van der Waals surface area contributed by atoms with Crippen molar-refractivity contribution in [1.29, 1.82) is 0 Å². The van der Waals surface area contributed by atoms with Crippen molar-refractivity contribution < 1.29 is 8.78 Å². The predicted octanol–water partition coefficient (Wildman–Crippen LogP) is 17.4. The van der Waals surface area contributed by atoms with Crippen LogP contribution in [0.25, 0.3) is 86.9 Å². The normalized spacial score (nSPS) is 11.7. The van der Waals surface area contributed by atoms with Crippen LogP contribution in [0.3, 0.4) is 0 Å². The summed E-state index contributed by atoms with van der Waals surface area (Å²) in [7, 11) is 0. The maximum Gasteiger partial charge on any atom is 0.126 e. The Labute approximate surface area is 390 Å². The molecule has 6 heteroatoms. The molecule has 0 saturated carbocycles. The summed E-state index contributed by atoms with van der Waals surface area (Å²) in [5, 5.41) is 13.0. The van der Waals surface area contributed by atoms with Crippen molar-refractivity contribution >= 4 is 110 Å². The van der Waals surface area contributed by atoms with Gasteiger partial charge in [-0.05, 0) is 116 Å². The van der Waals surface area contributed by atoms with Crippen LogP contribution < -0.4 is 9.80 Å². The van der Waals surface area contributed by atoms with E-state index in [0.29, 0.717) is 22.3 Å². The first-order chi connectivity index (χ1) is 33.5. The molecule has 13 aromatic rings. The largest absolute Gasteiger partial charge is 0.310 e. The summed E-state index contributed by atoms with van der Waals surface area (Å²) in [6.07, 6.45) is 1.63. The zero-order valence-electron chi connectivity index (χ0n) is 36.5. The second-order valence-corrected chi connectivity index (χ2v) is 17.2. The van der Waals surface area contributed by atoms with Gasteiger partial charge in [0.25, 0.3) is 0 Å². The van der Waals surface area contributed by atoms with Crippen LogP contribution >= 0.6 is 0 Å². The summed E-state index contributed by atoms with van der Waals surface area (Å²) in [5.74, 6) is -1.36. The van der Waals surface area contributed by atoms with Gasteiger partial charge in [0.2, 0.25) is 0 Å². The van der Waals surface area contributed by atoms with E-state index in [-0.39, 0.29) is 0 Å². The maximum atomic E-state index is 14.8. The van der Waals surface area contributed by atoms with E-state index in [0.717, 1.165) is 88.7 Å². The minimum atomic E-state index is -0.680. The molecule has 1 heterocycles. The molecule has 0 aliphatic rings. The molecule has 0 spiro atoms. The Morgan fingerprint density at radius 2 is 0.721 bits per heavy atom. The Hall–Kier alpha value is -9.00. The van der Waals surface area contributed by atoms with E-state index in [1.165, 1.54) is 28.3 Å². The van der Waals surface area contributed by atoms with Gasteiger partial charge in [0, 0.05) is 55.9 Å². The van der Waals surface area contributed by atoms with Crippen molar-refractivity contribution in [3.8, 4) is 11.3 Å². The topological polar surface area (TPSA) is 32.3 Å². The van der Waals surface area contributed by atoms with Crippen LogP contribution in [0.4, 0.5) is 42.9 Å². The SMILES string of the molecule is Fc1cc(F)cc(-c2cnc3c4cc(N(c5ccccc5)c5cc6ccccc6c6ccccc56)ccc4c4ccc(N(c5ccccc5)c5cc6ccccc6c6ccccc56)cc4c3n2)c1. The molecule has 320 valence electrons. The molecule has 1 aromatic heterocycles. The Morgan fingerprint density at radius 3 is 1.22 bits per heavy atom. The third kappa shape index (κ3) is 6.49. The summed E-state index contributed by atoms with van der Waals surface area (Å²) in [4.78, 5) is 15.1. The fourth-order valence-corrected chi connectivity index (χ4v) is 10.3. The predicted molar refractivity (Wildman–Crippen MR) is 279 cm³/mol. The molecule has 0 aliphatic heterocycles. The van der Waals surface area contributed by atoms with Crippen LogP contribution in [-0.4, -0.2) is 9.97 Å². The monoisotopic (exact) mass is 876 g/mol. The molecule has 0 bridgehead atoms. The number of fused-ring (bicyclic) bond motifs is 12. The molecule has 68 heavy (non-hydrogen) atoms. The molecule has 0 amide bonds. The molecular weight excluding hydrogens is 839 g/mol. The molecule has 12 aromatic carbocycles. The van der Waals surface area contributed by atoms with Crippen molar-refractivity contribution in [2.45, 2.75) is 0 Å². The number of halogens is 2. The van der Waals surface area contributed by atoms with Gasteiger partial charge in [-0.15, -0.1) is 0 Å². The van der Waals surface area contributed by atoms with Gasteiger partial charge in [-0.2, -0.15) is 0 Å². The highest BCUT2D eigenvalue weighted by molar-refractivity contribution is 6.25. The van der Waals surface area contributed by atoms with E-state index in [1.54, 1.807) is 6.20 Å². The third-order valence-corrected chi connectivity index (χ3v) is 13.3. The lowest BCUT2D eigenvalue weighted by molar-refractivity contribution is 0.584. The number of anilines is 6. The highest BCUT2D eigenvalue weighted by Crippen LogP contribution is 2.47. The number of rotatable bonds is 7. The molecule has 0 aliphatic carbocycles. The van der Waals surface area contributed by atoms with Gasteiger partial charge >= 0.3 is 0 Å². The van der Waals surface area contributed by atoms with Crippen LogP contribution in [0.1, 0.15) is 0 Å². The second-order valence-electron chi connectivity index (χ2n) is 17.2. The first-order valence-electron chi connectivity index (χ1n) is 22.7. The molecule has 0 atom stereocenters. The highest BCUT2D eigenvalue weighted by atomic mass is 19.1. The molecule has 4 nitrogen and oxygen atoms in total. The van der Waals surface area contributed by atoms with Crippen LogP contribution in [0.5, 0.6) is 0 Å². The third-order valence-electron chi connectivity index (χ3n) is 13.3. The Morgan fingerprint density at radius 1 is 0.309 bits per heavy atom. The average molecular weight is 877 g/mol. The van der Waals surface area contributed by atoms with E-state index in [9.17, 15) is 8.78 Å². The number of benzene rings is 12. The van der Waals surface area contributed by atoms with Gasteiger partial charge in [-0.1, -0.05) is 146 Å². The first kappa shape index (κ1) is 39.4. The quantitative estimate of drug-likeness (QED) is 0.149. The molecule has 0 N–H and O–H groups in total. The molecule has 0 radical (unpaired) electrons. The van der Waals surface area contributed by atoms with Gasteiger partial charge in [0.05, 0.1) is 34.3 Å². The minimum Gasteiger partial charge on any atom is -0.310 e. The number of hydrogen-bond acceptors (Lipinski definition) is 4. The number of nitrogens with zero attached hydrogens (tertiary/aromatic N) is 4. The highest BCUT2D eigenvalue weighted by Gasteiger charge is 2.23. The fraction of sp³-hybridized carbons (Fsp3) is 0. The van der Waals surface area contributed by atoms with Gasteiger partial charge in [-0.3, -0.25) is 4.98 Å². The van der Waals surface area contributed by atoms with Crippen LogP contribution in [0.15, 0.2) is 231 Å². The van der Waals surface area contributed by atoms with E-state index < -0.39 is 11.6 Å². The summed E-state index contributed by atoms with van der Waals surface area (Å²) in [5.41, 5.74) is 7.90. The maximum absolute atomic E-state index is 14.8. The van der Waals surface area contributed by atoms with Crippen LogP contribution in [0, 0.1) is 11.6 Å². The lowest BCUT2D eigenvalue weighted by Crippen LogP contribution is -2.11. The molecule has 0 fully saturated rings. The Bertz CT molecular complexity index is 4120. The van der Waals surface area contributed by atoms with Crippen LogP contribution in [-0.2, 0) is 0 Å². The van der Waals surface area contributed by atoms with Crippen molar-refractivity contribution in [3.63, 3.8) is 0 Å². The van der Waals surface area contributed by atoms with Crippen molar-refractivity contribution in [2.24, 2.45) is 0 Å². The number of para-hydroxylation sites is 2. The molecule has 0 unspecified atom stereocenters. The standard InChI is InChI=1S/C62H38F2N4/c63-42-31-41(32-43(64)35-42)58-38-65-61-56-36-46(67(44-17-3-1-4-18-44)59-33-39-15-7-9-21-48(39)50-23-11-13-25-54(50)59)27-29-52(56)53-30-28-47(37-57(53)62(61)66-58)68(45-19-5-2-6-20-45)60-34-40-16-8-10-22-49(40)51-24-12-14-26-55(51)60/h1-38H. The minimum absolute atomic E-state index is 0.307. The van der Waals surface area contributed by atoms with Crippen molar-refractivity contribution in [2.75, 3.05) is 9.80 Å². The van der Waals surface area contributed by atoms with Crippen LogP contribution in [0.2, 0.25) is 0 Å². The number of aromatic nitrogens is 2. The smallest absolute Gasteiger partial charge is 0.126 e. The lowest BCUT2D eigenvalue weighted by atomic mass is 9.96. The van der Waals surface area contributed by atoms with Gasteiger partial charge in [-0.25, -0.2) is 13.8 Å². The number of hydrogen-bond donors (Lipinski definition) is 0. The van der Waals surface area contributed by atoms with E-state index in [1.807, 2.05) is 12.1 Å². The van der Waals surface area contributed by atoms with Gasteiger partial charge in [0.15, 0.2) is 0 Å². The van der Waals surface area contributed by atoms with Crippen molar-refractivity contribution in [3.05, 3.63) is 242 Å². The summed E-state index contributed by atoms with van der Waals surface area (Å²) >= 11 is 0.